The van der Waals surface area contributed by atoms with Crippen molar-refractivity contribution in [3.63, 3.8) is 0 Å². The molecule has 0 unspecified atom stereocenters. The molecular formula is C29H28N2O6. The summed E-state index contributed by atoms with van der Waals surface area (Å²) in [5.74, 6) is 1.37. The van der Waals surface area contributed by atoms with Gasteiger partial charge in [-0.05, 0) is 61.2 Å². The Morgan fingerprint density at radius 1 is 1.05 bits per heavy atom. The maximum Gasteiger partial charge on any atom is 0.303 e. The lowest BCUT2D eigenvalue weighted by atomic mass is 9.91. The Hall–Kier alpha value is -4.33. The Balaban J connectivity index is 1.32. The number of oxazole rings is 1. The first-order chi connectivity index (χ1) is 18.0. The number of aromatic nitrogens is 1. The van der Waals surface area contributed by atoms with Crippen LogP contribution in [-0.2, 0) is 30.6 Å². The van der Waals surface area contributed by atoms with Crippen LogP contribution in [0.25, 0.3) is 11.5 Å². The SMILES string of the molecule is Cc1oc(-c2ccccc2)nc1CCOc1ccc(CCC(=O)O)c2c1CCN(C(=O)c1ccco1)C2. The predicted octanol–water partition coefficient (Wildman–Crippen LogP) is 5.08. The largest absolute Gasteiger partial charge is 0.493 e. The number of carboxylic acid groups (broad SMARTS) is 1. The number of benzene rings is 2. The zero-order chi connectivity index (χ0) is 25.8. The van der Waals surface area contributed by atoms with Gasteiger partial charge in [0.1, 0.15) is 11.5 Å². The number of furan rings is 1. The van der Waals surface area contributed by atoms with Crippen molar-refractivity contribution in [2.75, 3.05) is 13.2 Å². The van der Waals surface area contributed by atoms with Gasteiger partial charge in [0.15, 0.2) is 5.76 Å². The minimum Gasteiger partial charge on any atom is -0.493 e. The van der Waals surface area contributed by atoms with Gasteiger partial charge in [0, 0.05) is 37.1 Å². The van der Waals surface area contributed by atoms with Crippen molar-refractivity contribution < 1.29 is 28.3 Å². The van der Waals surface area contributed by atoms with Gasteiger partial charge in [-0.2, -0.15) is 0 Å². The fraction of sp³-hybridized carbons (Fsp3) is 0.276. The van der Waals surface area contributed by atoms with Gasteiger partial charge >= 0.3 is 5.97 Å². The molecule has 8 nitrogen and oxygen atoms in total. The lowest BCUT2D eigenvalue weighted by Gasteiger charge is -2.31. The van der Waals surface area contributed by atoms with Crippen LogP contribution in [0.1, 0.15) is 45.1 Å². The molecule has 1 amide bonds. The van der Waals surface area contributed by atoms with E-state index >= 15 is 0 Å². The molecule has 0 radical (unpaired) electrons. The minimum absolute atomic E-state index is 0.0218. The molecule has 0 atom stereocenters. The van der Waals surface area contributed by atoms with Crippen LogP contribution in [0.15, 0.2) is 69.7 Å². The van der Waals surface area contributed by atoms with Crippen LogP contribution in [-0.4, -0.2) is 40.0 Å². The first kappa shape index (κ1) is 24.4. The van der Waals surface area contributed by atoms with Crippen LogP contribution in [0.3, 0.4) is 0 Å². The molecule has 37 heavy (non-hydrogen) atoms. The Bertz CT molecular complexity index is 1390. The molecule has 0 bridgehead atoms. The number of aryl methyl sites for hydroxylation is 2. The fourth-order valence-electron chi connectivity index (χ4n) is 4.67. The highest BCUT2D eigenvalue weighted by Gasteiger charge is 2.27. The van der Waals surface area contributed by atoms with Crippen LogP contribution in [0.5, 0.6) is 5.75 Å². The van der Waals surface area contributed by atoms with E-state index in [0.717, 1.165) is 39.5 Å². The molecule has 2 aromatic carbocycles. The second kappa shape index (κ2) is 10.7. The van der Waals surface area contributed by atoms with Gasteiger partial charge in [-0.3, -0.25) is 9.59 Å². The average Bonchev–Trinajstić information content (AvgIpc) is 3.58. The number of aliphatic carboxylic acids is 1. The summed E-state index contributed by atoms with van der Waals surface area (Å²) in [6.07, 6.45) is 3.09. The predicted molar refractivity (Wildman–Crippen MR) is 135 cm³/mol. The monoisotopic (exact) mass is 500 g/mol. The van der Waals surface area contributed by atoms with Gasteiger partial charge in [0.2, 0.25) is 5.89 Å². The van der Waals surface area contributed by atoms with Crippen LogP contribution >= 0.6 is 0 Å². The molecule has 8 heteroatoms. The number of hydrogen-bond donors (Lipinski definition) is 1. The number of carbonyl (C=O) groups is 2. The van der Waals surface area contributed by atoms with E-state index in [0.29, 0.717) is 50.6 Å². The van der Waals surface area contributed by atoms with E-state index < -0.39 is 5.97 Å². The van der Waals surface area contributed by atoms with Gasteiger partial charge in [-0.25, -0.2) is 4.98 Å². The smallest absolute Gasteiger partial charge is 0.303 e. The molecule has 1 aliphatic heterocycles. The van der Waals surface area contributed by atoms with E-state index in [-0.39, 0.29) is 12.3 Å². The summed E-state index contributed by atoms with van der Waals surface area (Å²) in [4.78, 5) is 30.5. The highest BCUT2D eigenvalue weighted by atomic mass is 16.5. The number of fused-ring (bicyclic) bond motifs is 1. The molecule has 0 saturated heterocycles. The lowest BCUT2D eigenvalue weighted by Crippen LogP contribution is -2.36. The zero-order valence-electron chi connectivity index (χ0n) is 20.6. The van der Waals surface area contributed by atoms with Crippen molar-refractivity contribution in [2.45, 2.75) is 39.2 Å². The molecule has 0 aliphatic carbocycles. The normalized spacial score (nSPS) is 12.8. The van der Waals surface area contributed by atoms with Gasteiger partial charge in [0.25, 0.3) is 5.91 Å². The van der Waals surface area contributed by atoms with Gasteiger partial charge in [0.05, 0.1) is 18.6 Å². The van der Waals surface area contributed by atoms with Gasteiger partial charge < -0.3 is 23.6 Å². The van der Waals surface area contributed by atoms with Crippen LogP contribution < -0.4 is 4.74 Å². The molecule has 2 aromatic heterocycles. The molecule has 0 fully saturated rings. The summed E-state index contributed by atoms with van der Waals surface area (Å²) in [5, 5.41) is 9.20. The van der Waals surface area contributed by atoms with Crippen molar-refractivity contribution in [2.24, 2.45) is 0 Å². The van der Waals surface area contributed by atoms with E-state index in [1.54, 1.807) is 17.0 Å². The molecule has 0 saturated carbocycles. The molecule has 5 rings (SSSR count). The Kier molecular flexibility index (Phi) is 7.07. The molecule has 3 heterocycles. The Labute approximate surface area is 214 Å². The number of amides is 1. The Morgan fingerprint density at radius 2 is 1.89 bits per heavy atom. The van der Waals surface area contributed by atoms with E-state index in [4.69, 9.17) is 13.6 Å². The van der Waals surface area contributed by atoms with Crippen molar-refractivity contribution in [1.29, 1.82) is 0 Å². The third kappa shape index (κ3) is 5.43. The van der Waals surface area contributed by atoms with Crippen molar-refractivity contribution in [3.8, 4) is 17.2 Å². The highest BCUT2D eigenvalue weighted by molar-refractivity contribution is 5.91. The van der Waals surface area contributed by atoms with E-state index in [1.165, 1.54) is 6.26 Å². The number of carboxylic acids is 1. The highest BCUT2D eigenvalue weighted by Crippen LogP contribution is 2.33. The molecule has 1 N–H and O–H groups in total. The van der Waals surface area contributed by atoms with E-state index in [2.05, 4.69) is 4.98 Å². The molecular weight excluding hydrogens is 472 g/mol. The van der Waals surface area contributed by atoms with Crippen LogP contribution in [0.2, 0.25) is 0 Å². The van der Waals surface area contributed by atoms with Crippen LogP contribution in [0.4, 0.5) is 0 Å². The molecule has 0 spiro atoms. The number of ether oxygens (including phenoxy) is 1. The van der Waals surface area contributed by atoms with Crippen molar-refractivity contribution in [1.82, 2.24) is 9.88 Å². The Morgan fingerprint density at radius 3 is 2.65 bits per heavy atom. The topological polar surface area (TPSA) is 106 Å². The van der Waals surface area contributed by atoms with E-state index in [1.807, 2.05) is 49.4 Å². The maximum atomic E-state index is 12.9. The summed E-state index contributed by atoms with van der Waals surface area (Å²) in [6, 6.07) is 16.9. The molecule has 190 valence electrons. The average molecular weight is 501 g/mol. The summed E-state index contributed by atoms with van der Waals surface area (Å²) in [6.45, 7) is 3.22. The second-order valence-electron chi connectivity index (χ2n) is 9.01. The summed E-state index contributed by atoms with van der Waals surface area (Å²) < 4.78 is 17.4. The third-order valence-corrected chi connectivity index (χ3v) is 6.60. The number of nitrogens with zero attached hydrogens (tertiary/aromatic N) is 2. The third-order valence-electron chi connectivity index (χ3n) is 6.60. The quantitative estimate of drug-likeness (QED) is 0.342. The van der Waals surface area contributed by atoms with Crippen molar-refractivity contribution >= 4 is 11.9 Å². The van der Waals surface area contributed by atoms with Gasteiger partial charge in [-0.1, -0.05) is 24.3 Å². The minimum atomic E-state index is -0.855. The first-order valence-electron chi connectivity index (χ1n) is 12.3. The van der Waals surface area contributed by atoms with E-state index in [9.17, 15) is 14.7 Å². The first-order valence-corrected chi connectivity index (χ1v) is 12.3. The number of rotatable bonds is 9. The lowest BCUT2D eigenvalue weighted by molar-refractivity contribution is -0.136. The summed E-state index contributed by atoms with van der Waals surface area (Å²) in [7, 11) is 0. The maximum absolute atomic E-state index is 12.9. The zero-order valence-corrected chi connectivity index (χ0v) is 20.6. The molecule has 4 aromatic rings. The number of hydrogen-bond acceptors (Lipinski definition) is 6. The fourth-order valence-corrected chi connectivity index (χ4v) is 4.67. The molecule has 1 aliphatic rings. The van der Waals surface area contributed by atoms with Gasteiger partial charge in [-0.15, -0.1) is 0 Å². The van der Waals surface area contributed by atoms with Crippen molar-refractivity contribution in [3.05, 3.63) is 94.8 Å². The van der Waals surface area contributed by atoms with Crippen LogP contribution in [0, 0.1) is 6.92 Å². The standard InChI is InChI=1S/C29H28N2O6/c1-19-24(30-28(37-19)21-6-3-2-4-7-21)14-17-36-25-11-9-20(10-12-27(32)33)23-18-31(15-13-22(23)25)29(34)26-8-5-16-35-26/h2-9,11,16H,10,12-15,17-18H2,1H3,(H,32,33). The number of carbonyl (C=O) groups excluding carboxylic acids is 1. The second-order valence-corrected chi connectivity index (χ2v) is 9.01. The summed E-state index contributed by atoms with van der Waals surface area (Å²) in [5.41, 5.74) is 4.67. The summed E-state index contributed by atoms with van der Waals surface area (Å²) >= 11 is 0.